The zero-order chi connectivity index (χ0) is 19.5. The lowest BCUT2D eigenvalue weighted by Gasteiger charge is -2.42. The standard InChI is InChI=1S/C20H20Cl2N4O2/c21-12-4-2-5-13(22)18(12)24-10-7-14-17(15(27)8-10)11-3-1-6-16-20(11,9-23-14)26-19(28)25-16/h2,4-5,7,9-10,16,19,24-26,28H,1,3,6,8H2. The summed E-state index contributed by atoms with van der Waals surface area (Å²) in [6.45, 7) is 0. The monoisotopic (exact) mass is 418 g/mol. The second-order valence-electron chi connectivity index (χ2n) is 7.67. The van der Waals surface area contributed by atoms with Crippen molar-refractivity contribution in [3.05, 3.63) is 51.2 Å². The molecule has 1 saturated carbocycles. The van der Waals surface area contributed by atoms with Crippen molar-refractivity contribution in [2.24, 2.45) is 4.99 Å². The Kier molecular flexibility index (Phi) is 4.37. The fourth-order valence-electron chi connectivity index (χ4n) is 4.82. The quantitative estimate of drug-likeness (QED) is 0.593. The van der Waals surface area contributed by atoms with Gasteiger partial charge in [0.25, 0.3) is 0 Å². The van der Waals surface area contributed by atoms with Crippen molar-refractivity contribution in [1.82, 2.24) is 10.6 Å². The number of allylic oxidation sites excluding steroid dienone is 1. The van der Waals surface area contributed by atoms with E-state index in [4.69, 9.17) is 23.2 Å². The predicted molar refractivity (Wildman–Crippen MR) is 110 cm³/mol. The molecule has 8 heteroatoms. The van der Waals surface area contributed by atoms with Crippen molar-refractivity contribution in [3.8, 4) is 0 Å². The highest BCUT2D eigenvalue weighted by atomic mass is 35.5. The Morgan fingerprint density at radius 2 is 2.07 bits per heavy atom. The molecule has 0 aromatic heterocycles. The van der Waals surface area contributed by atoms with Crippen molar-refractivity contribution in [2.45, 2.75) is 49.7 Å². The highest BCUT2D eigenvalue weighted by Crippen LogP contribution is 2.44. The SMILES string of the molecule is O=C1CC(Nc2c(Cl)cccc2Cl)C=C2N=CC34NC(O)NC3CCCC4=C12. The maximum absolute atomic E-state index is 13.1. The third kappa shape index (κ3) is 2.75. The lowest BCUT2D eigenvalue weighted by molar-refractivity contribution is -0.115. The third-order valence-corrected chi connectivity index (χ3v) is 6.63. The van der Waals surface area contributed by atoms with Gasteiger partial charge in [-0.15, -0.1) is 0 Å². The van der Waals surface area contributed by atoms with E-state index in [2.05, 4.69) is 20.9 Å². The summed E-state index contributed by atoms with van der Waals surface area (Å²) < 4.78 is 0. The van der Waals surface area contributed by atoms with Gasteiger partial charge in [-0.2, -0.15) is 0 Å². The van der Waals surface area contributed by atoms with E-state index >= 15 is 0 Å². The van der Waals surface area contributed by atoms with Crippen LogP contribution in [0, 0.1) is 0 Å². The normalized spacial score (nSPS) is 33.9. The molecule has 28 heavy (non-hydrogen) atoms. The van der Waals surface area contributed by atoms with Crippen LogP contribution in [-0.4, -0.2) is 41.1 Å². The van der Waals surface area contributed by atoms with Crippen molar-refractivity contribution < 1.29 is 9.90 Å². The first kappa shape index (κ1) is 18.3. The molecule has 4 aliphatic rings. The van der Waals surface area contributed by atoms with Gasteiger partial charge in [-0.1, -0.05) is 29.3 Å². The number of benzene rings is 1. The number of hydrogen-bond acceptors (Lipinski definition) is 6. The van der Waals surface area contributed by atoms with E-state index < -0.39 is 11.9 Å². The first-order valence-corrected chi connectivity index (χ1v) is 10.2. The van der Waals surface area contributed by atoms with E-state index in [1.807, 2.05) is 12.3 Å². The molecule has 1 aromatic rings. The van der Waals surface area contributed by atoms with Gasteiger partial charge in [-0.25, -0.2) is 0 Å². The molecule has 2 aliphatic heterocycles. The summed E-state index contributed by atoms with van der Waals surface area (Å²) in [7, 11) is 0. The molecule has 1 aromatic carbocycles. The van der Waals surface area contributed by atoms with Crippen LogP contribution in [0.2, 0.25) is 10.0 Å². The van der Waals surface area contributed by atoms with E-state index in [1.165, 1.54) is 0 Å². The van der Waals surface area contributed by atoms with Gasteiger partial charge >= 0.3 is 0 Å². The Labute approximate surface area is 172 Å². The molecule has 1 saturated heterocycles. The number of aliphatic imine (C=N–C) groups is 1. The maximum Gasteiger partial charge on any atom is 0.167 e. The molecule has 2 aliphatic carbocycles. The molecule has 4 unspecified atom stereocenters. The van der Waals surface area contributed by atoms with E-state index in [1.54, 1.807) is 18.2 Å². The number of carbonyl (C=O) groups excluding carboxylic acids is 1. The molecule has 6 nitrogen and oxygen atoms in total. The molecule has 1 spiro atoms. The molecular formula is C20H20Cl2N4O2. The number of rotatable bonds is 2. The van der Waals surface area contributed by atoms with E-state index in [0.717, 1.165) is 24.8 Å². The number of carbonyl (C=O) groups is 1. The van der Waals surface area contributed by atoms with Gasteiger partial charge in [0, 0.05) is 24.3 Å². The molecule has 0 amide bonds. The Morgan fingerprint density at radius 1 is 1.29 bits per heavy atom. The van der Waals surface area contributed by atoms with Gasteiger partial charge in [0.2, 0.25) is 0 Å². The molecule has 2 heterocycles. The summed E-state index contributed by atoms with van der Waals surface area (Å²) in [4.78, 5) is 17.8. The number of halogens is 2. The minimum absolute atomic E-state index is 0.0367. The van der Waals surface area contributed by atoms with E-state index in [9.17, 15) is 9.90 Å². The number of anilines is 1. The highest BCUT2D eigenvalue weighted by molar-refractivity contribution is 6.39. The van der Waals surface area contributed by atoms with Crippen LogP contribution in [0.3, 0.4) is 0 Å². The number of aliphatic hydroxyl groups is 1. The summed E-state index contributed by atoms with van der Waals surface area (Å²) in [5.41, 5.74) is 2.45. The van der Waals surface area contributed by atoms with Gasteiger partial charge < -0.3 is 10.4 Å². The Balaban J connectivity index is 1.52. The van der Waals surface area contributed by atoms with Crippen molar-refractivity contribution in [3.63, 3.8) is 0 Å². The minimum Gasteiger partial charge on any atom is -0.376 e. The van der Waals surface area contributed by atoms with Crippen LogP contribution in [0.4, 0.5) is 5.69 Å². The number of ketones is 1. The zero-order valence-electron chi connectivity index (χ0n) is 15.0. The van der Waals surface area contributed by atoms with Crippen LogP contribution >= 0.6 is 23.2 Å². The Bertz CT molecular complexity index is 937. The molecule has 146 valence electrons. The van der Waals surface area contributed by atoms with Crippen LogP contribution in [-0.2, 0) is 4.79 Å². The van der Waals surface area contributed by atoms with Crippen LogP contribution < -0.4 is 16.0 Å². The third-order valence-electron chi connectivity index (χ3n) is 6.00. The molecule has 4 atom stereocenters. The second-order valence-corrected chi connectivity index (χ2v) is 8.48. The van der Waals surface area contributed by atoms with Crippen LogP contribution in [0.5, 0.6) is 0 Å². The van der Waals surface area contributed by atoms with Crippen molar-refractivity contribution in [1.29, 1.82) is 0 Å². The van der Waals surface area contributed by atoms with Gasteiger partial charge in [0.15, 0.2) is 12.1 Å². The lowest BCUT2D eigenvalue weighted by Crippen LogP contribution is -2.57. The highest BCUT2D eigenvalue weighted by Gasteiger charge is 2.53. The minimum atomic E-state index is -0.800. The number of dihydropyridines is 1. The average molecular weight is 419 g/mol. The van der Waals surface area contributed by atoms with Crippen LogP contribution in [0.25, 0.3) is 0 Å². The lowest BCUT2D eigenvalue weighted by atomic mass is 9.69. The number of hydrogen-bond donors (Lipinski definition) is 4. The van der Waals surface area contributed by atoms with E-state index in [-0.39, 0.29) is 17.9 Å². The summed E-state index contributed by atoms with van der Waals surface area (Å²) in [5, 5.41) is 20.7. The summed E-state index contributed by atoms with van der Waals surface area (Å²) in [6, 6.07) is 5.10. The molecule has 0 radical (unpaired) electrons. The first-order valence-electron chi connectivity index (χ1n) is 9.44. The Morgan fingerprint density at radius 3 is 2.86 bits per heavy atom. The van der Waals surface area contributed by atoms with Crippen LogP contribution in [0.15, 0.2) is 46.1 Å². The average Bonchev–Trinajstić information content (AvgIpc) is 2.99. The number of fused-ring (bicyclic) bond motifs is 1. The molecule has 0 bridgehead atoms. The first-order chi connectivity index (χ1) is 13.5. The summed E-state index contributed by atoms with van der Waals surface area (Å²) >= 11 is 12.5. The van der Waals surface area contributed by atoms with E-state index in [0.29, 0.717) is 33.4 Å². The van der Waals surface area contributed by atoms with Gasteiger partial charge in [-0.05, 0) is 43.0 Å². The predicted octanol–water partition coefficient (Wildman–Crippen LogP) is 2.77. The fourth-order valence-corrected chi connectivity index (χ4v) is 5.33. The number of nitrogens with zero attached hydrogens (tertiary/aromatic N) is 1. The van der Waals surface area contributed by atoms with Crippen LogP contribution in [0.1, 0.15) is 25.7 Å². The molecule has 5 rings (SSSR count). The molecule has 2 fully saturated rings. The zero-order valence-corrected chi connectivity index (χ0v) is 16.5. The number of para-hydroxylation sites is 1. The summed E-state index contributed by atoms with van der Waals surface area (Å²) in [5.74, 6) is 0.0493. The summed E-state index contributed by atoms with van der Waals surface area (Å²) in [6.07, 6.45) is 6.03. The smallest absolute Gasteiger partial charge is 0.167 e. The van der Waals surface area contributed by atoms with Gasteiger partial charge in [-0.3, -0.25) is 20.4 Å². The fraction of sp³-hybridized carbons (Fsp3) is 0.400. The molecular weight excluding hydrogens is 399 g/mol. The van der Waals surface area contributed by atoms with Crippen molar-refractivity contribution in [2.75, 3.05) is 5.32 Å². The largest absolute Gasteiger partial charge is 0.376 e. The van der Waals surface area contributed by atoms with Gasteiger partial charge in [0.1, 0.15) is 0 Å². The number of nitrogens with one attached hydrogen (secondary N) is 3. The number of Topliss-reactive ketones (excluding diaryl/α,β-unsaturated/α-hetero) is 1. The van der Waals surface area contributed by atoms with Gasteiger partial charge in [0.05, 0.1) is 33.0 Å². The molecule has 4 N–H and O–H groups in total. The topological polar surface area (TPSA) is 85.8 Å². The Hall–Kier alpha value is -1.70. The second kappa shape index (κ2) is 6.68. The maximum atomic E-state index is 13.1. The van der Waals surface area contributed by atoms with Crippen molar-refractivity contribution >= 4 is 40.9 Å². The number of aliphatic hydroxyl groups excluding tert-OH is 1.